The lowest BCUT2D eigenvalue weighted by Crippen LogP contribution is -2.07. The lowest BCUT2D eigenvalue weighted by molar-refractivity contribution is 0.950. The molecule has 0 aromatic carbocycles. The summed E-state index contributed by atoms with van der Waals surface area (Å²) in [6.45, 7) is 3.70. The first-order valence-corrected chi connectivity index (χ1v) is 6.08. The van der Waals surface area contributed by atoms with E-state index in [0.29, 0.717) is 12.5 Å². The molecule has 0 bridgehead atoms. The molecule has 0 unspecified atom stereocenters. The molecule has 2 N–H and O–H groups in total. The van der Waals surface area contributed by atoms with Crippen molar-refractivity contribution < 1.29 is 0 Å². The van der Waals surface area contributed by atoms with Gasteiger partial charge in [-0.1, -0.05) is 13.0 Å². The van der Waals surface area contributed by atoms with E-state index in [1.54, 1.807) is 12.4 Å². The van der Waals surface area contributed by atoms with Gasteiger partial charge in [-0.15, -0.1) is 0 Å². The molecule has 0 spiro atoms. The summed E-state index contributed by atoms with van der Waals surface area (Å²) >= 11 is 0. The van der Waals surface area contributed by atoms with Gasteiger partial charge >= 0.3 is 0 Å². The largest absolute Gasteiger partial charge is 0.366 e. The third-order valence-electron chi connectivity index (χ3n) is 2.39. The van der Waals surface area contributed by atoms with Gasteiger partial charge in [0.25, 0.3) is 0 Å². The highest BCUT2D eigenvalue weighted by atomic mass is 15.1. The van der Waals surface area contributed by atoms with Gasteiger partial charge in [-0.3, -0.25) is 4.98 Å². The molecule has 0 fully saturated rings. The Balaban J connectivity index is 1.93. The van der Waals surface area contributed by atoms with E-state index in [-0.39, 0.29) is 0 Å². The summed E-state index contributed by atoms with van der Waals surface area (Å²) < 4.78 is 0. The topological polar surface area (TPSA) is 62.7 Å². The minimum absolute atomic E-state index is 0.660. The van der Waals surface area contributed by atoms with Crippen LogP contribution in [0.3, 0.4) is 0 Å². The quantitative estimate of drug-likeness (QED) is 0.815. The van der Waals surface area contributed by atoms with Crippen LogP contribution in [0.2, 0.25) is 0 Å². The van der Waals surface area contributed by atoms with E-state index >= 15 is 0 Å². The maximum atomic E-state index is 4.37. The first-order valence-electron chi connectivity index (χ1n) is 6.08. The molecule has 0 aliphatic rings. The molecule has 0 amide bonds. The summed E-state index contributed by atoms with van der Waals surface area (Å²) in [5.41, 5.74) is 1.12. The Hall–Kier alpha value is -2.17. The molecule has 5 heteroatoms. The molecular formula is C13H17N5. The number of nitrogens with zero attached hydrogens (tertiary/aromatic N) is 3. The second kappa shape index (κ2) is 6.54. The lowest BCUT2D eigenvalue weighted by atomic mass is 10.3. The highest BCUT2D eigenvalue weighted by molar-refractivity contribution is 5.40. The molecule has 94 valence electrons. The third kappa shape index (κ3) is 3.69. The summed E-state index contributed by atoms with van der Waals surface area (Å²) in [5.74, 6) is 1.47. The smallest absolute Gasteiger partial charge is 0.224 e. The second-order valence-electron chi connectivity index (χ2n) is 3.91. The van der Waals surface area contributed by atoms with E-state index in [9.17, 15) is 0 Å². The van der Waals surface area contributed by atoms with Crippen LogP contribution < -0.4 is 10.6 Å². The van der Waals surface area contributed by atoms with Crippen molar-refractivity contribution >= 4 is 11.8 Å². The molecule has 2 rings (SSSR count). The van der Waals surface area contributed by atoms with Crippen molar-refractivity contribution in [3.05, 3.63) is 42.4 Å². The van der Waals surface area contributed by atoms with Gasteiger partial charge in [0.1, 0.15) is 5.82 Å². The van der Waals surface area contributed by atoms with Crippen molar-refractivity contribution in [2.45, 2.75) is 19.9 Å². The van der Waals surface area contributed by atoms with E-state index in [4.69, 9.17) is 0 Å². The van der Waals surface area contributed by atoms with Gasteiger partial charge in [-0.25, -0.2) is 4.98 Å². The zero-order valence-electron chi connectivity index (χ0n) is 10.4. The molecular weight excluding hydrogens is 226 g/mol. The fraction of sp³-hybridized carbons (Fsp3) is 0.308. The predicted octanol–water partition coefficient (Wildman–Crippen LogP) is 2.31. The van der Waals surface area contributed by atoms with Crippen LogP contribution in [0.4, 0.5) is 11.8 Å². The normalized spacial score (nSPS) is 10.1. The molecule has 2 aromatic rings. The van der Waals surface area contributed by atoms with E-state index in [0.717, 1.165) is 24.3 Å². The Morgan fingerprint density at radius 3 is 2.89 bits per heavy atom. The van der Waals surface area contributed by atoms with Crippen molar-refractivity contribution in [1.29, 1.82) is 0 Å². The summed E-state index contributed by atoms with van der Waals surface area (Å²) in [6, 6.07) is 5.80. The Morgan fingerprint density at radius 2 is 2.11 bits per heavy atom. The number of hydrogen-bond acceptors (Lipinski definition) is 5. The van der Waals surface area contributed by atoms with Crippen molar-refractivity contribution in [2.75, 3.05) is 17.2 Å². The first kappa shape index (κ1) is 12.3. The standard InChI is InChI=1S/C13H17N5/c1-2-6-15-13-16-8-5-12(18-13)17-10-11-4-3-7-14-9-11/h3-5,7-9H,2,6,10H2,1H3,(H2,15,16,17,18). The van der Waals surface area contributed by atoms with E-state index < -0.39 is 0 Å². The molecule has 0 saturated heterocycles. The fourth-order valence-electron chi connectivity index (χ4n) is 1.47. The third-order valence-corrected chi connectivity index (χ3v) is 2.39. The molecule has 0 atom stereocenters. The second-order valence-corrected chi connectivity index (χ2v) is 3.91. The Morgan fingerprint density at radius 1 is 1.17 bits per heavy atom. The molecule has 2 heterocycles. The number of nitrogens with one attached hydrogen (secondary N) is 2. The Bertz CT molecular complexity index is 472. The highest BCUT2D eigenvalue weighted by Gasteiger charge is 1.98. The Labute approximate surface area is 107 Å². The van der Waals surface area contributed by atoms with Crippen molar-refractivity contribution in [3.63, 3.8) is 0 Å². The number of aromatic nitrogens is 3. The molecule has 0 saturated carbocycles. The van der Waals surface area contributed by atoms with E-state index in [1.165, 1.54) is 0 Å². The van der Waals surface area contributed by atoms with Crippen molar-refractivity contribution in [1.82, 2.24) is 15.0 Å². The van der Waals surface area contributed by atoms with Crippen molar-refractivity contribution in [2.24, 2.45) is 0 Å². The van der Waals surface area contributed by atoms with Gasteiger partial charge in [0.15, 0.2) is 0 Å². The monoisotopic (exact) mass is 243 g/mol. The van der Waals surface area contributed by atoms with Crippen molar-refractivity contribution in [3.8, 4) is 0 Å². The van der Waals surface area contributed by atoms with Crippen LogP contribution in [-0.2, 0) is 6.54 Å². The van der Waals surface area contributed by atoms with E-state index in [2.05, 4.69) is 32.5 Å². The number of pyridine rings is 1. The number of hydrogen-bond donors (Lipinski definition) is 2. The molecule has 0 radical (unpaired) electrons. The molecule has 5 nitrogen and oxygen atoms in total. The molecule has 18 heavy (non-hydrogen) atoms. The van der Waals surface area contributed by atoms with E-state index in [1.807, 2.05) is 24.4 Å². The molecule has 2 aromatic heterocycles. The number of anilines is 2. The summed E-state index contributed by atoms with van der Waals surface area (Å²) in [7, 11) is 0. The SMILES string of the molecule is CCCNc1nccc(NCc2cccnc2)n1. The summed E-state index contributed by atoms with van der Waals surface area (Å²) in [4.78, 5) is 12.6. The zero-order chi connectivity index (χ0) is 12.6. The zero-order valence-corrected chi connectivity index (χ0v) is 10.4. The molecule has 0 aliphatic carbocycles. The summed E-state index contributed by atoms with van der Waals surface area (Å²) in [5, 5.41) is 6.40. The van der Waals surface area contributed by atoms with Crippen LogP contribution in [0.15, 0.2) is 36.8 Å². The first-order chi connectivity index (χ1) is 8.88. The average molecular weight is 243 g/mol. The molecule has 0 aliphatic heterocycles. The van der Waals surface area contributed by atoms with Gasteiger partial charge in [-0.2, -0.15) is 4.98 Å². The van der Waals surface area contributed by atoms with Gasteiger partial charge in [0, 0.05) is 31.7 Å². The van der Waals surface area contributed by atoms with Gasteiger partial charge in [0.05, 0.1) is 0 Å². The lowest BCUT2D eigenvalue weighted by Gasteiger charge is -2.07. The van der Waals surface area contributed by atoms with Gasteiger partial charge < -0.3 is 10.6 Å². The van der Waals surface area contributed by atoms with Crippen LogP contribution >= 0.6 is 0 Å². The summed E-state index contributed by atoms with van der Waals surface area (Å²) in [6.07, 6.45) is 6.40. The van der Waals surface area contributed by atoms with Gasteiger partial charge in [-0.05, 0) is 24.1 Å². The highest BCUT2D eigenvalue weighted by Crippen LogP contribution is 2.07. The van der Waals surface area contributed by atoms with Crippen LogP contribution in [0.1, 0.15) is 18.9 Å². The minimum atomic E-state index is 0.660. The fourth-order valence-corrected chi connectivity index (χ4v) is 1.47. The van der Waals surface area contributed by atoms with Crippen LogP contribution in [-0.4, -0.2) is 21.5 Å². The van der Waals surface area contributed by atoms with Gasteiger partial charge in [0.2, 0.25) is 5.95 Å². The minimum Gasteiger partial charge on any atom is -0.366 e. The Kier molecular flexibility index (Phi) is 4.46. The van der Waals surface area contributed by atoms with Crippen LogP contribution in [0.25, 0.3) is 0 Å². The van der Waals surface area contributed by atoms with Crippen LogP contribution in [0.5, 0.6) is 0 Å². The predicted molar refractivity (Wildman–Crippen MR) is 72.4 cm³/mol. The maximum absolute atomic E-state index is 4.37. The average Bonchev–Trinajstić information content (AvgIpc) is 2.44. The number of rotatable bonds is 6. The van der Waals surface area contributed by atoms with Crippen LogP contribution in [0, 0.1) is 0 Å². The maximum Gasteiger partial charge on any atom is 0.224 e.